The normalized spacial score (nSPS) is 13.5. The number of rotatable bonds is 8. The fourth-order valence-electron chi connectivity index (χ4n) is 1.75. The predicted octanol–water partition coefficient (Wildman–Crippen LogP) is 2.91. The number of hydrogen-bond acceptors (Lipinski definition) is 4. The highest BCUT2D eigenvalue weighted by Crippen LogP contribution is 2.10. The molecule has 0 fully saturated rings. The Morgan fingerprint density at radius 3 is 2.67 bits per heavy atom. The van der Waals surface area contributed by atoms with Crippen molar-refractivity contribution in [3.05, 3.63) is 16.1 Å². The van der Waals surface area contributed by atoms with Crippen LogP contribution in [-0.2, 0) is 6.54 Å². The van der Waals surface area contributed by atoms with Crippen LogP contribution in [0.25, 0.3) is 0 Å². The lowest BCUT2D eigenvalue weighted by Crippen LogP contribution is -2.38. The fourth-order valence-corrected chi connectivity index (χ4v) is 2.35. The van der Waals surface area contributed by atoms with E-state index in [9.17, 15) is 0 Å². The summed E-state index contributed by atoms with van der Waals surface area (Å²) in [7, 11) is 2.17. The molecule has 1 aromatic rings. The third-order valence-corrected chi connectivity index (χ3v) is 3.99. The number of nitrogens with one attached hydrogen (secondary N) is 1. The van der Waals surface area contributed by atoms with Gasteiger partial charge in [0.15, 0.2) is 0 Å². The highest BCUT2D eigenvalue weighted by atomic mass is 32.1. The molecule has 0 bridgehead atoms. The van der Waals surface area contributed by atoms with Crippen LogP contribution in [-0.4, -0.2) is 36.1 Å². The molecule has 1 unspecified atom stereocenters. The van der Waals surface area contributed by atoms with Crippen LogP contribution in [0.5, 0.6) is 0 Å². The van der Waals surface area contributed by atoms with Gasteiger partial charge in [-0.05, 0) is 39.8 Å². The van der Waals surface area contributed by atoms with E-state index in [-0.39, 0.29) is 0 Å². The minimum atomic E-state index is 0.541. The van der Waals surface area contributed by atoms with Gasteiger partial charge in [-0.3, -0.25) is 4.90 Å². The van der Waals surface area contributed by atoms with Crippen molar-refractivity contribution >= 4 is 11.3 Å². The molecule has 1 N–H and O–H groups in total. The molecule has 104 valence electrons. The number of hydrogen-bond donors (Lipinski definition) is 1. The van der Waals surface area contributed by atoms with Crippen LogP contribution in [0.3, 0.4) is 0 Å². The Morgan fingerprint density at radius 1 is 1.39 bits per heavy atom. The lowest BCUT2D eigenvalue weighted by Gasteiger charge is -2.24. The average molecular weight is 269 g/mol. The summed E-state index contributed by atoms with van der Waals surface area (Å²) in [6.07, 6.45) is 1.25. The molecule has 0 aliphatic heterocycles. The summed E-state index contributed by atoms with van der Waals surface area (Å²) in [5, 5.41) is 6.84. The maximum absolute atomic E-state index is 4.51. The molecular weight excluding hydrogens is 242 g/mol. The van der Waals surface area contributed by atoms with Crippen LogP contribution >= 0.6 is 11.3 Å². The van der Waals surface area contributed by atoms with E-state index in [1.54, 1.807) is 11.3 Å². The Bertz CT molecular complexity index is 336. The maximum Gasteiger partial charge on any atom is 0.0897 e. The van der Waals surface area contributed by atoms with Gasteiger partial charge in [0.2, 0.25) is 0 Å². The second-order valence-electron chi connectivity index (χ2n) is 5.51. The summed E-state index contributed by atoms with van der Waals surface area (Å²) < 4.78 is 0. The van der Waals surface area contributed by atoms with E-state index in [1.807, 2.05) is 0 Å². The Morgan fingerprint density at radius 2 is 2.11 bits per heavy atom. The molecule has 1 aromatic heterocycles. The van der Waals surface area contributed by atoms with E-state index in [1.165, 1.54) is 12.1 Å². The molecule has 4 heteroatoms. The van der Waals surface area contributed by atoms with Gasteiger partial charge in [-0.2, -0.15) is 0 Å². The topological polar surface area (TPSA) is 28.2 Å². The Hall–Kier alpha value is -0.450. The SMILES string of the molecule is Cc1nc(CN(C)C(C)CNCCC(C)C)cs1. The molecule has 1 atom stereocenters. The minimum absolute atomic E-state index is 0.541. The summed E-state index contributed by atoms with van der Waals surface area (Å²) in [5.74, 6) is 0.781. The van der Waals surface area contributed by atoms with Gasteiger partial charge in [0.05, 0.1) is 10.7 Å². The summed E-state index contributed by atoms with van der Waals surface area (Å²) in [5.41, 5.74) is 1.19. The fraction of sp³-hybridized carbons (Fsp3) is 0.786. The molecule has 3 nitrogen and oxygen atoms in total. The van der Waals surface area contributed by atoms with Crippen LogP contribution in [0, 0.1) is 12.8 Å². The smallest absolute Gasteiger partial charge is 0.0897 e. The first-order valence-corrected chi connectivity index (χ1v) is 7.69. The second kappa shape index (κ2) is 7.87. The monoisotopic (exact) mass is 269 g/mol. The molecule has 0 saturated heterocycles. The maximum atomic E-state index is 4.51. The van der Waals surface area contributed by atoms with Gasteiger partial charge in [-0.15, -0.1) is 11.3 Å². The molecule has 1 heterocycles. The number of nitrogens with zero attached hydrogens (tertiary/aromatic N) is 2. The molecular formula is C14H27N3S. The first-order valence-electron chi connectivity index (χ1n) is 6.81. The zero-order chi connectivity index (χ0) is 13.5. The van der Waals surface area contributed by atoms with Gasteiger partial charge >= 0.3 is 0 Å². The van der Waals surface area contributed by atoms with Crippen LogP contribution in [0.1, 0.15) is 37.9 Å². The summed E-state index contributed by atoms with van der Waals surface area (Å²) in [6.45, 7) is 12.0. The van der Waals surface area contributed by atoms with Gasteiger partial charge < -0.3 is 5.32 Å². The Balaban J connectivity index is 2.22. The minimum Gasteiger partial charge on any atom is -0.315 e. The molecule has 0 saturated carbocycles. The van der Waals surface area contributed by atoms with Gasteiger partial charge in [-0.25, -0.2) is 4.98 Å². The largest absolute Gasteiger partial charge is 0.315 e. The summed E-state index contributed by atoms with van der Waals surface area (Å²) in [4.78, 5) is 6.87. The van der Waals surface area contributed by atoms with E-state index in [0.29, 0.717) is 6.04 Å². The molecule has 0 aliphatic carbocycles. The molecule has 0 radical (unpaired) electrons. The van der Waals surface area contributed by atoms with Crippen molar-refractivity contribution in [3.63, 3.8) is 0 Å². The van der Waals surface area contributed by atoms with Crippen molar-refractivity contribution in [3.8, 4) is 0 Å². The van der Waals surface area contributed by atoms with Crippen LogP contribution in [0.4, 0.5) is 0 Å². The molecule has 0 spiro atoms. The Labute approximate surface area is 116 Å². The average Bonchev–Trinajstić information content (AvgIpc) is 2.69. The number of aryl methyl sites for hydroxylation is 1. The van der Waals surface area contributed by atoms with Crippen LogP contribution in [0.2, 0.25) is 0 Å². The molecule has 0 amide bonds. The number of aromatic nitrogens is 1. The third-order valence-electron chi connectivity index (χ3n) is 3.17. The van der Waals surface area contributed by atoms with Crippen LogP contribution < -0.4 is 5.32 Å². The number of thiazole rings is 1. The van der Waals surface area contributed by atoms with E-state index >= 15 is 0 Å². The van der Waals surface area contributed by atoms with Crippen molar-refractivity contribution in [2.75, 3.05) is 20.1 Å². The van der Waals surface area contributed by atoms with Crippen molar-refractivity contribution in [2.45, 2.75) is 46.7 Å². The van der Waals surface area contributed by atoms with E-state index in [0.717, 1.165) is 30.6 Å². The molecule has 0 aromatic carbocycles. The number of likely N-dealkylation sites (N-methyl/N-ethyl adjacent to an activating group) is 1. The Kier molecular flexibility index (Phi) is 6.82. The van der Waals surface area contributed by atoms with E-state index < -0.39 is 0 Å². The molecule has 1 rings (SSSR count). The van der Waals surface area contributed by atoms with Crippen molar-refractivity contribution in [2.24, 2.45) is 5.92 Å². The van der Waals surface area contributed by atoms with Crippen molar-refractivity contribution < 1.29 is 0 Å². The highest BCUT2D eigenvalue weighted by molar-refractivity contribution is 7.09. The lowest BCUT2D eigenvalue weighted by atomic mass is 10.1. The van der Waals surface area contributed by atoms with E-state index in [4.69, 9.17) is 0 Å². The molecule has 18 heavy (non-hydrogen) atoms. The first kappa shape index (κ1) is 15.6. The van der Waals surface area contributed by atoms with Gasteiger partial charge in [0.25, 0.3) is 0 Å². The third kappa shape index (κ3) is 5.94. The highest BCUT2D eigenvalue weighted by Gasteiger charge is 2.10. The van der Waals surface area contributed by atoms with Crippen molar-refractivity contribution in [1.82, 2.24) is 15.2 Å². The molecule has 0 aliphatic rings. The van der Waals surface area contributed by atoms with Crippen LogP contribution in [0.15, 0.2) is 5.38 Å². The van der Waals surface area contributed by atoms with Gasteiger partial charge in [0.1, 0.15) is 0 Å². The summed E-state index contributed by atoms with van der Waals surface area (Å²) in [6, 6.07) is 0.541. The quantitative estimate of drug-likeness (QED) is 0.736. The zero-order valence-electron chi connectivity index (χ0n) is 12.4. The van der Waals surface area contributed by atoms with E-state index in [2.05, 4.69) is 55.3 Å². The van der Waals surface area contributed by atoms with Crippen molar-refractivity contribution in [1.29, 1.82) is 0 Å². The predicted molar refractivity (Wildman–Crippen MR) is 80.1 cm³/mol. The van der Waals surface area contributed by atoms with Gasteiger partial charge in [0, 0.05) is 24.5 Å². The standard InChI is InChI=1S/C14H27N3S/c1-11(2)6-7-15-8-12(3)17(5)9-14-10-18-13(4)16-14/h10-12,15H,6-9H2,1-5H3. The first-order chi connectivity index (χ1) is 8.49. The van der Waals surface area contributed by atoms with Gasteiger partial charge in [-0.1, -0.05) is 13.8 Å². The summed E-state index contributed by atoms with van der Waals surface area (Å²) >= 11 is 1.73. The second-order valence-corrected chi connectivity index (χ2v) is 6.57. The lowest BCUT2D eigenvalue weighted by molar-refractivity contribution is 0.240. The zero-order valence-corrected chi connectivity index (χ0v) is 13.2.